The minimum atomic E-state index is -4.49. The number of nitrogens with two attached hydrogens (primary N) is 2. The van der Waals surface area contributed by atoms with E-state index < -0.39 is 12.0 Å². The Morgan fingerprint density at radius 2 is 1.81 bits per heavy atom. The summed E-state index contributed by atoms with van der Waals surface area (Å²) >= 11 is 0. The van der Waals surface area contributed by atoms with Gasteiger partial charge < -0.3 is 20.9 Å². The fraction of sp³-hybridized carbons (Fsp3) is 0.333. The average molecular weight is 298 g/mol. The summed E-state index contributed by atoms with van der Waals surface area (Å²) < 4.78 is 39.4. The van der Waals surface area contributed by atoms with E-state index in [-0.39, 0.29) is 18.9 Å². The average Bonchev–Trinajstić information content (AvgIpc) is 2.84. The van der Waals surface area contributed by atoms with Crippen LogP contribution < -0.4 is 16.4 Å². The molecule has 112 valence electrons. The normalized spacial score (nSPS) is 15.1. The first kappa shape index (κ1) is 13.5. The number of hydrogen-bond acceptors (Lipinski definition) is 5. The number of rotatable bonds is 1. The lowest BCUT2D eigenvalue weighted by atomic mass is 10.2. The minimum Gasteiger partial charge on any atom is -0.397 e. The zero-order valence-electron chi connectivity index (χ0n) is 10.9. The second kappa shape index (κ2) is 4.54. The van der Waals surface area contributed by atoms with Crippen molar-refractivity contribution in [3.8, 4) is 0 Å². The Bertz CT molecular complexity index is 678. The number of aromatic nitrogens is 3. The van der Waals surface area contributed by atoms with Crippen LogP contribution in [0.15, 0.2) is 18.2 Å². The largest absolute Gasteiger partial charge is 0.451 e. The van der Waals surface area contributed by atoms with Crippen LogP contribution >= 0.6 is 0 Å². The summed E-state index contributed by atoms with van der Waals surface area (Å²) in [5.74, 6) is -0.669. The van der Waals surface area contributed by atoms with Crippen molar-refractivity contribution >= 4 is 17.1 Å². The van der Waals surface area contributed by atoms with Crippen molar-refractivity contribution < 1.29 is 13.2 Å². The van der Waals surface area contributed by atoms with Crippen LogP contribution in [-0.4, -0.2) is 21.3 Å². The van der Waals surface area contributed by atoms with Crippen molar-refractivity contribution in [1.82, 2.24) is 14.8 Å². The van der Waals surface area contributed by atoms with Crippen LogP contribution in [0, 0.1) is 0 Å². The van der Waals surface area contributed by atoms with Crippen LogP contribution in [0.25, 0.3) is 0 Å². The number of nitrogens with zero attached hydrogens (tertiary/aromatic N) is 4. The molecule has 1 aromatic heterocycles. The molecule has 1 aliphatic rings. The molecule has 0 saturated carbocycles. The standard InChI is InChI=1S/C12H13F3N6/c13-12(14,15)11-19-18-10-6-20(3-4-21(10)11)7-1-2-8(16)9(17)5-7/h1-2,5H,3-4,6,16-17H2. The molecule has 0 spiro atoms. The van der Waals surface area contributed by atoms with E-state index in [1.54, 1.807) is 18.2 Å². The molecule has 0 fully saturated rings. The highest BCUT2D eigenvalue weighted by Gasteiger charge is 2.39. The molecule has 0 unspecified atom stereocenters. The Hall–Kier alpha value is -2.45. The number of alkyl halides is 3. The van der Waals surface area contributed by atoms with Crippen molar-refractivity contribution in [3.63, 3.8) is 0 Å². The van der Waals surface area contributed by atoms with Crippen molar-refractivity contribution in [2.24, 2.45) is 0 Å². The van der Waals surface area contributed by atoms with Crippen LogP contribution in [0.4, 0.5) is 30.2 Å². The highest BCUT2D eigenvalue weighted by atomic mass is 19.4. The molecular formula is C12H13F3N6. The summed E-state index contributed by atoms with van der Waals surface area (Å²) in [6.07, 6.45) is -4.49. The molecule has 0 aliphatic carbocycles. The summed E-state index contributed by atoms with van der Waals surface area (Å²) in [7, 11) is 0. The summed E-state index contributed by atoms with van der Waals surface area (Å²) in [4.78, 5) is 1.89. The van der Waals surface area contributed by atoms with E-state index in [0.717, 1.165) is 10.3 Å². The molecule has 1 aromatic carbocycles. The van der Waals surface area contributed by atoms with Gasteiger partial charge >= 0.3 is 6.18 Å². The Morgan fingerprint density at radius 3 is 2.48 bits per heavy atom. The third-order valence-electron chi connectivity index (χ3n) is 3.44. The number of nitrogen functional groups attached to an aromatic ring is 2. The second-order valence-corrected chi connectivity index (χ2v) is 4.82. The molecule has 3 rings (SSSR count). The molecule has 0 saturated heterocycles. The highest BCUT2D eigenvalue weighted by Crippen LogP contribution is 2.31. The maximum Gasteiger partial charge on any atom is 0.451 e. The summed E-state index contributed by atoms with van der Waals surface area (Å²) in [5, 5.41) is 6.88. The smallest absolute Gasteiger partial charge is 0.397 e. The zero-order chi connectivity index (χ0) is 15.2. The van der Waals surface area contributed by atoms with Gasteiger partial charge in [0.05, 0.1) is 17.9 Å². The van der Waals surface area contributed by atoms with Gasteiger partial charge in [-0.3, -0.25) is 0 Å². The summed E-state index contributed by atoms with van der Waals surface area (Å²) in [5.41, 5.74) is 13.1. The molecule has 0 radical (unpaired) electrons. The van der Waals surface area contributed by atoms with Gasteiger partial charge in [-0.1, -0.05) is 0 Å². The van der Waals surface area contributed by atoms with Gasteiger partial charge in [0.25, 0.3) is 0 Å². The minimum absolute atomic E-state index is 0.168. The van der Waals surface area contributed by atoms with Gasteiger partial charge in [0.15, 0.2) is 5.82 Å². The van der Waals surface area contributed by atoms with Crippen molar-refractivity contribution in [3.05, 3.63) is 29.8 Å². The molecule has 21 heavy (non-hydrogen) atoms. The Kier molecular flexibility index (Phi) is 2.92. The predicted octanol–water partition coefficient (Wildman–Crippen LogP) is 1.48. The van der Waals surface area contributed by atoms with Crippen LogP contribution in [0.5, 0.6) is 0 Å². The van der Waals surface area contributed by atoms with Gasteiger partial charge in [-0.05, 0) is 18.2 Å². The van der Waals surface area contributed by atoms with E-state index in [2.05, 4.69) is 10.2 Å². The molecule has 4 N–H and O–H groups in total. The first-order valence-electron chi connectivity index (χ1n) is 6.25. The van der Waals surface area contributed by atoms with Crippen LogP contribution in [0.1, 0.15) is 11.6 Å². The third-order valence-corrected chi connectivity index (χ3v) is 3.44. The molecule has 9 heteroatoms. The molecule has 2 aromatic rings. The Balaban J connectivity index is 1.88. The van der Waals surface area contributed by atoms with E-state index in [4.69, 9.17) is 11.5 Å². The first-order chi connectivity index (χ1) is 9.86. The number of hydrogen-bond donors (Lipinski definition) is 2. The topological polar surface area (TPSA) is 86.0 Å². The fourth-order valence-electron chi connectivity index (χ4n) is 2.35. The van der Waals surface area contributed by atoms with E-state index in [1.165, 1.54) is 0 Å². The monoisotopic (exact) mass is 298 g/mol. The van der Waals surface area contributed by atoms with E-state index >= 15 is 0 Å². The highest BCUT2D eigenvalue weighted by molar-refractivity contribution is 5.69. The first-order valence-corrected chi connectivity index (χ1v) is 6.25. The third kappa shape index (κ3) is 2.34. The fourth-order valence-corrected chi connectivity index (χ4v) is 2.35. The molecule has 1 aliphatic heterocycles. The summed E-state index contributed by atoms with van der Waals surface area (Å²) in [6, 6.07) is 5.15. The molecule has 6 nitrogen and oxygen atoms in total. The Labute approximate surface area is 118 Å². The predicted molar refractivity (Wildman–Crippen MR) is 71.3 cm³/mol. The van der Waals surface area contributed by atoms with Crippen molar-refractivity contribution in [1.29, 1.82) is 0 Å². The molecule has 0 bridgehead atoms. The lowest BCUT2D eigenvalue weighted by Gasteiger charge is -2.30. The van der Waals surface area contributed by atoms with Crippen molar-refractivity contribution in [2.75, 3.05) is 22.9 Å². The number of benzene rings is 1. The number of anilines is 3. The number of fused-ring (bicyclic) bond motifs is 1. The van der Waals surface area contributed by atoms with E-state index in [1.807, 2.05) is 4.90 Å². The molecule has 2 heterocycles. The van der Waals surface area contributed by atoms with Gasteiger partial charge in [-0.25, -0.2) is 0 Å². The maximum absolute atomic E-state index is 12.8. The van der Waals surface area contributed by atoms with Crippen LogP contribution in [-0.2, 0) is 19.3 Å². The van der Waals surface area contributed by atoms with E-state index in [9.17, 15) is 13.2 Å². The molecule has 0 amide bonds. The van der Waals surface area contributed by atoms with E-state index in [0.29, 0.717) is 17.9 Å². The van der Waals surface area contributed by atoms with Gasteiger partial charge in [-0.15, -0.1) is 10.2 Å². The number of halogens is 3. The van der Waals surface area contributed by atoms with Crippen LogP contribution in [0.3, 0.4) is 0 Å². The van der Waals surface area contributed by atoms with Gasteiger partial charge in [0.2, 0.25) is 5.82 Å². The quantitative estimate of drug-likeness (QED) is 0.779. The van der Waals surface area contributed by atoms with Crippen LogP contribution in [0.2, 0.25) is 0 Å². The van der Waals surface area contributed by atoms with Gasteiger partial charge in [0.1, 0.15) is 0 Å². The zero-order valence-corrected chi connectivity index (χ0v) is 10.9. The van der Waals surface area contributed by atoms with Gasteiger partial charge in [0, 0.05) is 18.8 Å². The second-order valence-electron chi connectivity index (χ2n) is 4.82. The van der Waals surface area contributed by atoms with Gasteiger partial charge in [-0.2, -0.15) is 13.2 Å². The molecule has 0 atom stereocenters. The summed E-state index contributed by atoms with van der Waals surface area (Å²) in [6.45, 7) is 0.825. The Morgan fingerprint density at radius 1 is 1.05 bits per heavy atom. The molecular weight excluding hydrogens is 285 g/mol. The lowest BCUT2D eigenvalue weighted by molar-refractivity contribution is -0.147. The lowest BCUT2D eigenvalue weighted by Crippen LogP contribution is -2.35. The maximum atomic E-state index is 12.8. The van der Waals surface area contributed by atoms with Crippen molar-refractivity contribution in [2.45, 2.75) is 19.3 Å². The SMILES string of the molecule is Nc1ccc(N2CCn3c(nnc3C(F)(F)F)C2)cc1N.